The molecule has 2 heterocycles. The highest BCUT2D eigenvalue weighted by molar-refractivity contribution is 14.0. The molecule has 8 nitrogen and oxygen atoms in total. The number of benzene rings is 1. The van der Waals surface area contributed by atoms with Gasteiger partial charge in [0, 0.05) is 32.9 Å². The van der Waals surface area contributed by atoms with Crippen molar-refractivity contribution in [1.82, 2.24) is 25.4 Å². The second-order valence-electron chi connectivity index (χ2n) is 7.74. The zero-order valence-electron chi connectivity index (χ0n) is 19.5. The van der Waals surface area contributed by atoms with E-state index >= 15 is 0 Å². The van der Waals surface area contributed by atoms with E-state index in [4.69, 9.17) is 9.41 Å². The van der Waals surface area contributed by atoms with E-state index in [-0.39, 0.29) is 30.0 Å². The molecule has 1 atom stereocenters. The fraction of sp³-hybridized carbons (Fsp3) is 0.435. The fourth-order valence-corrected chi connectivity index (χ4v) is 3.19. The van der Waals surface area contributed by atoms with Crippen LogP contribution in [0.5, 0.6) is 0 Å². The highest BCUT2D eigenvalue weighted by Gasteiger charge is 2.12. The van der Waals surface area contributed by atoms with Crippen molar-refractivity contribution >= 4 is 35.6 Å². The molecule has 32 heavy (non-hydrogen) atoms. The Hall–Kier alpha value is -2.56. The number of aliphatic imine (C=N–C) groups is 1. The average molecular weight is 551 g/mol. The van der Waals surface area contributed by atoms with Crippen LogP contribution in [0, 0.1) is 13.8 Å². The Balaban J connectivity index is 0.00000363. The van der Waals surface area contributed by atoms with Gasteiger partial charge in [-0.25, -0.2) is 4.99 Å². The molecule has 0 saturated carbocycles. The minimum Gasteiger partial charge on any atom is -0.464 e. The summed E-state index contributed by atoms with van der Waals surface area (Å²) in [7, 11) is 4.06. The summed E-state index contributed by atoms with van der Waals surface area (Å²) in [5, 5.41) is 15.2. The van der Waals surface area contributed by atoms with E-state index in [0.29, 0.717) is 6.54 Å². The van der Waals surface area contributed by atoms with Gasteiger partial charge < -0.3 is 24.5 Å². The van der Waals surface area contributed by atoms with Crippen LogP contribution in [0.25, 0.3) is 0 Å². The highest BCUT2D eigenvalue weighted by atomic mass is 127. The van der Waals surface area contributed by atoms with Crippen LogP contribution in [0.15, 0.2) is 51.9 Å². The summed E-state index contributed by atoms with van der Waals surface area (Å²) in [4.78, 5) is 6.98. The number of halogens is 1. The van der Waals surface area contributed by atoms with Crippen LogP contribution in [0.2, 0.25) is 0 Å². The van der Waals surface area contributed by atoms with E-state index in [2.05, 4.69) is 64.0 Å². The maximum Gasteiger partial charge on any atom is 0.192 e. The Labute approximate surface area is 207 Å². The molecule has 3 aromatic rings. The molecule has 0 aliphatic rings. The number of hydrogen-bond donors (Lipinski definition) is 2. The van der Waals surface area contributed by atoms with Gasteiger partial charge in [-0.05, 0) is 51.5 Å². The maximum atomic E-state index is 5.76. The quantitative estimate of drug-likeness (QED) is 0.181. The number of hydrogen-bond acceptors (Lipinski definition) is 5. The van der Waals surface area contributed by atoms with Gasteiger partial charge in [-0.1, -0.05) is 18.2 Å². The number of nitrogens with zero attached hydrogens (tertiary/aromatic N) is 5. The van der Waals surface area contributed by atoms with Gasteiger partial charge in [-0.15, -0.1) is 34.2 Å². The third-order valence-corrected chi connectivity index (χ3v) is 5.26. The van der Waals surface area contributed by atoms with Gasteiger partial charge in [0.25, 0.3) is 0 Å². The van der Waals surface area contributed by atoms with E-state index in [1.54, 1.807) is 0 Å². The number of anilines is 1. The van der Waals surface area contributed by atoms with Gasteiger partial charge in [0.1, 0.15) is 23.9 Å². The number of aryl methyl sites for hydroxylation is 2. The lowest BCUT2D eigenvalue weighted by atomic mass is 10.2. The van der Waals surface area contributed by atoms with Crippen LogP contribution < -0.4 is 15.5 Å². The van der Waals surface area contributed by atoms with Crippen molar-refractivity contribution in [3.05, 3.63) is 65.6 Å². The number of furan rings is 1. The van der Waals surface area contributed by atoms with Crippen LogP contribution in [0.1, 0.15) is 42.6 Å². The third kappa shape index (κ3) is 7.25. The molecule has 9 heteroatoms. The number of guanidine groups is 1. The van der Waals surface area contributed by atoms with E-state index in [9.17, 15) is 0 Å². The van der Waals surface area contributed by atoms with Gasteiger partial charge in [-0.3, -0.25) is 0 Å². The fourth-order valence-electron chi connectivity index (χ4n) is 3.19. The van der Waals surface area contributed by atoms with Gasteiger partial charge >= 0.3 is 0 Å². The normalized spacial score (nSPS) is 12.2. The maximum absolute atomic E-state index is 5.76. The smallest absolute Gasteiger partial charge is 0.192 e. The summed E-state index contributed by atoms with van der Waals surface area (Å²) in [6, 6.07) is 14.4. The number of nitrogens with one attached hydrogen (secondary N) is 2. The first-order chi connectivity index (χ1) is 14.9. The lowest BCUT2D eigenvalue weighted by Crippen LogP contribution is -2.40. The Bertz CT molecular complexity index is 983. The molecule has 0 aliphatic carbocycles. The largest absolute Gasteiger partial charge is 0.464 e. The summed E-state index contributed by atoms with van der Waals surface area (Å²) in [5.41, 5.74) is 1.22. The Morgan fingerprint density at radius 1 is 1.16 bits per heavy atom. The van der Waals surface area contributed by atoms with Gasteiger partial charge in [-0.2, -0.15) is 0 Å². The molecule has 1 unspecified atom stereocenters. The molecule has 0 saturated heterocycles. The predicted molar refractivity (Wildman–Crippen MR) is 140 cm³/mol. The predicted octanol–water partition coefficient (Wildman–Crippen LogP) is 3.97. The zero-order chi connectivity index (χ0) is 22.2. The minimum atomic E-state index is -0.00632. The summed E-state index contributed by atoms with van der Waals surface area (Å²) in [5.74, 6) is 4.20. The number of rotatable bonds is 9. The monoisotopic (exact) mass is 551 g/mol. The molecule has 2 aromatic heterocycles. The van der Waals surface area contributed by atoms with Gasteiger partial charge in [0.05, 0.1) is 6.04 Å². The molecule has 0 spiro atoms. The van der Waals surface area contributed by atoms with Crippen molar-refractivity contribution in [2.24, 2.45) is 12.0 Å². The van der Waals surface area contributed by atoms with E-state index < -0.39 is 0 Å². The van der Waals surface area contributed by atoms with Gasteiger partial charge in [0.15, 0.2) is 11.8 Å². The first-order valence-corrected chi connectivity index (χ1v) is 10.7. The van der Waals surface area contributed by atoms with Crippen molar-refractivity contribution in [1.29, 1.82) is 0 Å². The Morgan fingerprint density at radius 2 is 1.91 bits per heavy atom. The molecule has 0 aliphatic heterocycles. The molecular weight excluding hydrogens is 517 g/mol. The molecule has 0 amide bonds. The summed E-state index contributed by atoms with van der Waals surface area (Å²) in [6.07, 6.45) is 0.976. The molecule has 2 N–H and O–H groups in total. The van der Waals surface area contributed by atoms with Crippen molar-refractivity contribution in [2.75, 3.05) is 25.0 Å². The topological polar surface area (TPSA) is 83.5 Å². The van der Waals surface area contributed by atoms with Crippen molar-refractivity contribution in [2.45, 2.75) is 39.8 Å². The summed E-state index contributed by atoms with van der Waals surface area (Å²) >= 11 is 0. The van der Waals surface area contributed by atoms with Crippen molar-refractivity contribution < 1.29 is 4.42 Å². The van der Waals surface area contributed by atoms with E-state index in [0.717, 1.165) is 48.6 Å². The van der Waals surface area contributed by atoms with Crippen molar-refractivity contribution in [3.8, 4) is 0 Å². The van der Waals surface area contributed by atoms with E-state index in [1.807, 2.05) is 43.7 Å². The Morgan fingerprint density at radius 3 is 2.53 bits per heavy atom. The standard InChI is InChI=1S/C23H33N7O.HI/c1-17-12-13-21(31-17)18(2)26-23(25-16-22-28-27-19(3)30(22)5)24-14-9-15-29(4)20-10-7-6-8-11-20;/h6-8,10-13,18H,9,14-16H2,1-5H3,(H2,24,25,26);1H. The second kappa shape index (κ2) is 12.5. The minimum absolute atomic E-state index is 0. The van der Waals surface area contributed by atoms with Crippen LogP contribution in [-0.4, -0.2) is 40.9 Å². The van der Waals surface area contributed by atoms with Gasteiger partial charge in [0.2, 0.25) is 0 Å². The molecule has 0 bridgehead atoms. The molecular formula is C23H34IN7O. The zero-order valence-corrected chi connectivity index (χ0v) is 21.8. The van der Waals surface area contributed by atoms with E-state index in [1.165, 1.54) is 5.69 Å². The molecule has 0 radical (unpaired) electrons. The molecule has 3 rings (SSSR count). The summed E-state index contributed by atoms with van der Waals surface area (Å²) < 4.78 is 7.71. The average Bonchev–Trinajstić information content (AvgIpc) is 3.35. The lowest BCUT2D eigenvalue weighted by molar-refractivity contribution is 0.441. The Kier molecular flexibility index (Phi) is 10.0. The molecule has 0 fully saturated rings. The first-order valence-electron chi connectivity index (χ1n) is 10.7. The van der Waals surface area contributed by atoms with Crippen LogP contribution in [0.3, 0.4) is 0 Å². The SMILES string of the molecule is Cc1ccc(C(C)NC(=NCc2nnc(C)n2C)NCCCN(C)c2ccccc2)o1.I. The van der Waals surface area contributed by atoms with Crippen LogP contribution >= 0.6 is 24.0 Å². The number of para-hydroxylation sites is 1. The molecule has 1 aromatic carbocycles. The first kappa shape index (κ1) is 25.7. The second-order valence-corrected chi connectivity index (χ2v) is 7.74. The summed E-state index contributed by atoms with van der Waals surface area (Å²) in [6.45, 7) is 8.13. The van der Waals surface area contributed by atoms with Crippen LogP contribution in [-0.2, 0) is 13.6 Å². The highest BCUT2D eigenvalue weighted by Crippen LogP contribution is 2.15. The molecule has 174 valence electrons. The third-order valence-electron chi connectivity index (χ3n) is 5.26. The van der Waals surface area contributed by atoms with Crippen LogP contribution in [0.4, 0.5) is 5.69 Å². The number of aromatic nitrogens is 3. The van der Waals surface area contributed by atoms with Crippen molar-refractivity contribution in [3.63, 3.8) is 0 Å². The lowest BCUT2D eigenvalue weighted by Gasteiger charge is -2.20.